The third-order valence-electron chi connectivity index (χ3n) is 3.63. The molecule has 0 amide bonds. The molecule has 0 bridgehead atoms. The molecule has 1 atom stereocenters. The van der Waals surface area contributed by atoms with Gasteiger partial charge in [0.25, 0.3) is 0 Å². The van der Waals surface area contributed by atoms with E-state index in [2.05, 4.69) is 22.4 Å². The fourth-order valence-electron chi connectivity index (χ4n) is 2.64. The highest BCUT2D eigenvalue weighted by molar-refractivity contribution is 5.84. The predicted molar refractivity (Wildman–Crippen MR) is 72.9 cm³/mol. The van der Waals surface area contributed by atoms with Gasteiger partial charge in [0.15, 0.2) is 0 Å². The van der Waals surface area contributed by atoms with Crippen molar-refractivity contribution in [3.63, 3.8) is 0 Å². The van der Waals surface area contributed by atoms with Crippen molar-refractivity contribution in [1.29, 1.82) is 0 Å². The predicted octanol–water partition coefficient (Wildman–Crippen LogP) is 3.06. The van der Waals surface area contributed by atoms with E-state index >= 15 is 0 Å². The first kappa shape index (κ1) is 11.5. The Kier molecular flexibility index (Phi) is 3.15. The minimum absolute atomic E-state index is 0.460. The van der Waals surface area contributed by atoms with E-state index in [1.165, 1.54) is 24.8 Å². The zero-order valence-corrected chi connectivity index (χ0v) is 10.6. The Morgan fingerprint density at radius 3 is 3.06 bits per heavy atom. The summed E-state index contributed by atoms with van der Waals surface area (Å²) in [5, 5.41) is 4.71. The van der Waals surface area contributed by atoms with Crippen LogP contribution >= 0.6 is 0 Å². The topological polar surface area (TPSA) is 34.1 Å². The molecule has 1 aromatic carbocycles. The smallest absolute Gasteiger partial charge is 0.145 e. The number of rotatable bonds is 2. The van der Waals surface area contributed by atoms with Gasteiger partial charge in [-0.05, 0) is 37.1 Å². The second kappa shape index (κ2) is 4.94. The van der Waals surface area contributed by atoms with Crippen LogP contribution in [0.1, 0.15) is 30.9 Å². The van der Waals surface area contributed by atoms with E-state index in [4.69, 9.17) is 4.74 Å². The summed E-state index contributed by atoms with van der Waals surface area (Å²) in [5.41, 5.74) is 2.23. The maximum Gasteiger partial charge on any atom is 0.145 e. The largest absolute Gasteiger partial charge is 0.494 e. The highest BCUT2D eigenvalue weighted by Crippen LogP contribution is 2.28. The molecule has 3 nitrogen and oxygen atoms in total. The van der Waals surface area contributed by atoms with Gasteiger partial charge in [-0.15, -0.1) is 0 Å². The van der Waals surface area contributed by atoms with Gasteiger partial charge in [-0.3, -0.25) is 4.98 Å². The summed E-state index contributed by atoms with van der Waals surface area (Å²) in [7, 11) is 1.69. The van der Waals surface area contributed by atoms with E-state index in [-0.39, 0.29) is 0 Å². The number of pyridine rings is 1. The van der Waals surface area contributed by atoms with Crippen LogP contribution in [0, 0.1) is 0 Å². The minimum Gasteiger partial charge on any atom is -0.494 e. The van der Waals surface area contributed by atoms with E-state index in [9.17, 15) is 0 Å². The van der Waals surface area contributed by atoms with Gasteiger partial charge in [-0.2, -0.15) is 0 Å². The average molecular weight is 242 g/mol. The Balaban J connectivity index is 2.00. The Morgan fingerprint density at radius 1 is 1.33 bits per heavy atom. The van der Waals surface area contributed by atoms with Gasteiger partial charge >= 0.3 is 0 Å². The van der Waals surface area contributed by atoms with Gasteiger partial charge in [0, 0.05) is 17.6 Å². The second-order valence-corrected chi connectivity index (χ2v) is 4.80. The number of nitrogens with one attached hydrogen (secondary N) is 1. The van der Waals surface area contributed by atoms with Crippen LogP contribution in [-0.2, 0) is 0 Å². The second-order valence-electron chi connectivity index (χ2n) is 4.80. The van der Waals surface area contributed by atoms with Crippen LogP contribution in [0.2, 0.25) is 0 Å². The fraction of sp³-hybridized carbons (Fsp3) is 0.400. The summed E-state index contributed by atoms with van der Waals surface area (Å²) >= 11 is 0. The fourth-order valence-corrected chi connectivity index (χ4v) is 2.64. The maximum atomic E-state index is 5.33. The summed E-state index contributed by atoms with van der Waals surface area (Å²) in [6.07, 6.45) is 5.77. The quantitative estimate of drug-likeness (QED) is 0.878. The first-order valence-corrected chi connectivity index (χ1v) is 6.54. The van der Waals surface area contributed by atoms with Gasteiger partial charge < -0.3 is 10.1 Å². The highest BCUT2D eigenvalue weighted by Gasteiger charge is 2.15. The number of ether oxygens (including phenoxy) is 1. The van der Waals surface area contributed by atoms with Crippen LogP contribution < -0.4 is 10.1 Å². The number of hydrogen-bond donors (Lipinski definition) is 1. The molecule has 0 radical (unpaired) electrons. The van der Waals surface area contributed by atoms with Crippen molar-refractivity contribution < 1.29 is 4.74 Å². The number of benzene rings is 1. The monoisotopic (exact) mass is 242 g/mol. The first-order valence-electron chi connectivity index (χ1n) is 6.54. The first-order chi connectivity index (χ1) is 8.88. The van der Waals surface area contributed by atoms with Gasteiger partial charge in [-0.1, -0.05) is 18.6 Å². The molecule has 1 aromatic heterocycles. The number of methoxy groups -OCH3 is 1. The van der Waals surface area contributed by atoms with Crippen molar-refractivity contribution in [3.05, 3.63) is 36.0 Å². The Labute approximate surface area is 107 Å². The summed E-state index contributed by atoms with van der Waals surface area (Å²) < 4.78 is 5.33. The third kappa shape index (κ3) is 2.06. The molecule has 94 valence electrons. The molecule has 1 saturated heterocycles. The molecule has 1 N–H and O–H groups in total. The number of nitrogens with zero attached hydrogens (tertiary/aromatic N) is 1. The molecular formula is C15H18N2O. The lowest BCUT2D eigenvalue weighted by Crippen LogP contribution is -2.26. The van der Waals surface area contributed by atoms with Crippen LogP contribution in [0.4, 0.5) is 0 Å². The van der Waals surface area contributed by atoms with E-state index < -0.39 is 0 Å². The van der Waals surface area contributed by atoms with Crippen molar-refractivity contribution in [2.24, 2.45) is 0 Å². The summed E-state index contributed by atoms with van der Waals surface area (Å²) in [5.74, 6) is 0.843. The van der Waals surface area contributed by atoms with Gasteiger partial charge in [0.05, 0.1) is 7.11 Å². The lowest BCUT2D eigenvalue weighted by atomic mass is 9.98. The summed E-state index contributed by atoms with van der Waals surface area (Å²) in [6, 6.07) is 8.75. The van der Waals surface area contributed by atoms with Crippen LogP contribution in [-0.4, -0.2) is 18.6 Å². The Bertz CT molecular complexity index is 547. The summed E-state index contributed by atoms with van der Waals surface area (Å²) in [4.78, 5) is 4.56. The van der Waals surface area contributed by atoms with Gasteiger partial charge in [0.1, 0.15) is 11.3 Å². The molecule has 0 saturated carbocycles. The number of aromatic nitrogens is 1. The Morgan fingerprint density at radius 2 is 2.28 bits per heavy atom. The van der Waals surface area contributed by atoms with E-state index in [1.54, 1.807) is 7.11 Å². The summed E-state index contributed by atoms with van der Waals surface area (Å²) in [6.45, 7) is 1.11. The van der Waals surface area contributed by atoms with Crippen molar-refractivity contribution in [3.8, 4) is 5.75 Å². The van der Waals surface area contributed by atoms with E-state index in [0.29, 0.717) is 6.04 Å². The molecule has 1 fully saturated rings. The molecule has 0 spiro atoms. The maximum absolute atomic E-state index is 5.33. The number of hydrogen-bond acceptors (Lipinski definition) is 3. The minimum atomic E-state index is 0.460. The normalized spacial score (nSPS) is 19.9. The third-order valence-corrected chi connectivity index (χ3v) is 3.63. The molecular weight excluding hydrogens is 224 g/mol. The Hall–Kier alpha value is -1.61. The molecule has 2 aromatic rings. The van der Waals surface area contributed by atoms with E-state index in [1.807, 2.05) is 18.3 Å². The number of para-hydroxylation sites is 1. The van der Waals surface area contributed by atoms with Crippen LogP contribution in [0.25, 0.3) is 10.9 Å². The van der Waals surface area contributed by atoms with Gasteiger partial charge in [-0.25, -0.2) is 0 Å². The van der Waals surface area contributed by atoms with Crippen LogP contribution in [0.5, 0.6) is 5.75 Å². The molecule has 2 heterocycles. The molecule has 3 rings (SSSR count). The van der Waals surface area contributed by atoms with Crippen molar-refractivity contribution >= 4 is 10.9 Å². The SMILES string of the molecule is COc1cccc2cc(C3CCCCN3)cnc12. The standard InChI is InChI=1S/C15H18N2O/c1-18-14-7-4-5-11-9-12(10-17-15(11)14)13-6-2-3-8-16-13/h4-5,7,9-10,13,16H,2-3,6,8H2,1H3. The zero-order chi connectivity index (χ0) is 12.4. The molecule has 1 aliphatic rings. The highest BCUT2D eigenvalue weighted by atomic mass is 16.5. The lowest BCUT2D eigenvalue weighted by molar-refractivity contribution is 0.411. The van der Waals surface area contributed by atoms with Crippen molar-refractivity contribution in [1.82, 2.24) is 10.3 Å². The van der Waals surface area contributed by atoms with Gasteiger partial charge in [0.2, 0.25) is 0 Å². The molecule has 3 heteroatoms. The van der Waals surface area contributed by atoms with Crippen molar-refractivity contribution in [2.45, 2.75) is 25.3 Å². The zero-order valence-electron chi connectivity index (χ0n) is 10.6. The van der Waals surface area contributed by atoms with Crippen LogP contribution in [0.15, 0.2) is 30.5 Å². The molecule has 18 heavy (non-hydrogen) atoms. The molecule has 0 aliphatic carbocycles. The molecule has 1 unspecified atom stereocenters. The number of piperidine rings is 1. The lowest BCUT2D eigenvalue weighted by Gasteiger charge is -2.23. The van der Waals surface area contributed by atoms with Crippen molar-refractivity contribution in [2.75, 3.05) is 13.7 Å². The van der Waals surface area contributed by atoms with E-state index in [0.717, 1.165) is 23.2 Å². The average Bonchev–Trinajstić information content (AvgIpc) is 2.47. The number of fused-ring (bicyclic) bond motifs is 1. The van der Waals surface area contributed by atoms with Crippen LogP contribution in [0.3, 0.4) is 0 Å². The molecule has 1 aliphatic heterocycles.